The van der Waals surface area contributed by atoms with E-state index in [0.717, 1.165) is 16.7 Å². The van der Waals surface area contributed by atoms with Crippen molar-refractivity contribution in [1.29, 1.82) is 0 Å². The lowest BCUT2D eigenvalue weighted by Crippen LogP contribution is -2.38. The van der Waals surface area contributed by atoms with E-state index >= 15 is 0 Å². The number of carbonyl (C=O) groups is 1. The van der Waals surface area contributed by atoms with Crippen molar-refractivity contribution in [2.75, 3.05) is 0 Å². The highest BCUT2D eigenvalue weighted by molar-refractivity contribution is 5.92. The molecule has 2 aromatic heterocycles. The first-order valence-electron chi connectivity index (χ1n) is 10.8. The fourth-order valence-electron chi connectivity index (χ4n) is 3.49. The van der Waals surface area contributed by atoms with Crippen LogP contribution in [-0.2, 0) is 13.1 Å². The van der Waals surface area contributed by atoms with Crippen molar-refractivity contribution < 1.29 is 27.8 Å². The van der Waals surface area contributed by atoms with Gasteiger partial charge in [-0.25, -0.2) is 9.78 Å². The summed E-state index contributed by atoms with van der Waals surface area (Å²) in [5.74, 6) is -1.68. The molecular formula is C25H19F3N4O5. The number of halogens is 3. The number of aromatic nitrogens is 3. The maximum absolute atomic E-state index is 13.0. The summed E-state index contributed by atoms with van der Waals surface area (Å²) in [4.78, 5) is 43.5. The quantitative estimate of drug-likeness (QED) is 0.349. The third kappa shape index (κ3) is 6.42. The molecule has 0 aliphatic rings. The fraction of sp³-hybridized carbons (Fsp3) is 0.120. The van der Waals surface area contributed by atoms with E-state index in [2.05, 4.69) is 20.0 Å². The minimum atomic E-state index is -5.00. The van der Waals surface area contributed by atoms with Crippen LogP contribution in [0.1, 0.15) is 21.6 Å². The van der Waals surface area contributed by atoms with Gasteiger partial charge in [0.05, 0.1) is 6.54 Å². The Hall–Kier alpha value is -4.87. The minimum absolute atomic E-state index is 0.00204. The molecule has 3 N–H and O–H groups in total. The molecule has 9 nitrogen and oxygen atoms in total. The van der Waals surface area contributed by atoms with E-state index in [1.165, 1.54) is 30.5 Å². The molecule has 0 unspecified atom stereocenters. The van der Waals surface area contributed by atoms with Crippen LogP contribution in [0, 0.1) is 0 Å². The third-order valence-electron chi connectivity index (χ3n) is 5.26. The summed E-state index contributed by atoms with van der Waals surface area (Å²) in [6.45, 7) is -0.397. The summed E-state index contributed by atoms with van der Waals surface area (Å²) in [7, 11) is 0. The van der Waals surface area contributed by atoms with Crippen LogP contribution in [0.5, 0.6) is 11.6 Å². The monoisotopic (exact) mass is 512 g/mol. The number of nitrogens with zero attached hydrogens (tertiary/aromatic N) is 2. The van der Waals surface area contributed by atoms with E-state index in [4.69, 9.17) is 0 Å². The third-order valence-corrected chi connectivity index (χ3v) is 5.26. The van der Waals surface area contributed by atoms with Crippen LogP contribution in [0.25, 0.3) is 11.1 Å². The number of ether oxygens (including phenoxy) is 1. The Labute approximate surface area is 206 Å². The maximum atomic E-state index is 13.0. The zero-order valence-corrected chi connectivity index (χ0v) is 19.0. The van der Waals surface area contributed by atoms with Gasteiger partial charge in [0, 0.05) is 36.0 Å². The molecule has 0 atom stereocenters. The van der Waals surface area contributed by atoms with Crippen molar-refractivity contribution in [3.63, 3.8) is 0 Å². The lowest BCUT2D eigenvalue weighted by molar-refractivity contribution is -0.274. The summed E-state index contributed by atoms with van der Waals surface area (Å²) >= 11 is 0. The zero-order chi connectivity index (χ0) is 26.6. The van der Waals surface area contributed by atoms with E-state index < -0.39 is 35.8 Å². The fourth-order valence-corrected chi connectivity index (χ4v) is 3.49. The van der Waals surface area contributed by atoms with Crippen LogP contribution in [0.2, 0.25) is 0 Å². The van der Waals surface area contributed by atoms with Gasteiger partial charge in [-0.1, -0.05) is 42.5 Å². The Morgan fingerprint density at radius 3 is 2.41 bits per heavy atom. The van der Waals surface area contributed by atoms with Crippen LogP contribution in [0.4, 0.5) is 13.2 Å². The molecule has 190 valence electrons. The molecule has 2 aromatic carbocycles. The number of aromatic hydroxyl groups is 1. The number of carbonyl (C=O) groups excluding carboxylic acids is 1. The summed E-state index contributed by atoms with van der Waals surface area (Å²) in [5, 5.41) is 11.7. The van der Waals surface area contributed by atoms with Gasteiger partial charge < -0.3 is 20.1 Å². The molecule has 37 heavy (non-hydrogen) atoms. The summed E-state index contributed by atoms with van der Waals surface area (Å²) in [5.41, 5.74) is -0.427. The standard InChI is InChI=1S/C25H19F3N4O5/c26-25(27,28)37-20-10-16(17-8-9-21(33)29-12-17)6-7-18(20)13-30-23(35)19-11-22(34)32(24(36)31-19)14-15-4-2-1-3-5-15/h1-12H,13-14H2,(H,29,33)(H,30,35)(H,31,36). The minimum Gasteiger partial charge on any atom is -0.493 e. The number of amides is 1. The predicted octanol–water partition coefficient (Wildman–Crippen LogP) is 3.18. The molecule has 1 amide bonds. The highest BCUT2D eigenvalue weighted by Crippen LogP contribution is 2.31. The van der Waals surface area contributed by atoms with Gasteiger partial charge >= 0.3 is 12.1 Å². The molecule has 4 aromatic rings. The largest absolute Gasteiger partial charge is 0.573 e. The SMILES string of the molecule is O=C(NCc1ccc(-c2ccc(O)nc2)cc1OC(F)(F)F)c1cc(=O)n(Cc2ccccc2)c(=O)[nH]1. The molecule has 0 bridgehead atoms. The van der Waals surface area contributed by atoms with E-state index in [-0.39, 0.29) is 23.7 Å². The highest BCUT2D eigenvalue weighted by atomic mass is 19.4. The second kappa shape index (κ2) is 10.4. The van der Waals surface area contributed by atoms with E-state index in [0.29, 0.717) is 16.7 Å². The van der Waals surface area contributed by atoms with Gasteiger partial charge in [0.25, 0.3) is 11.5 Å². The number of aromatic amines is 1. The number of hydrogen-bond donors (Lipinski definition) is 3. The second-order valence-corrected chi connectivity index (χ2v) is 7.86. The van der Waals surface area contributed by atoms with Gasteiger partial charge in [-0.3, -0.25) is 14.2 Å². The number of rotatable bonds is 7. The molecule has 0 spiro atoms. The van der Waals surface area contributed by atoms with E-state index in [9.17, 15) is 32.7 Å². The summed E-state index contributed by atoms with van der Waals surface area (Å²) < 4.78 is 44.1. The molecule has 12 heteroatoms. The van der Waals surface area contributed by atoms with Crippen molar-refractivity contribution in [1.82, 2.24) is 19.9 Å². The van der Waals surface area contributed by atoms with E-state index in [1.807, 2.05) is 0 Å². The first kappa shape index (κ1) is 25.2. The van der Waals surface area contributed by atoms with Gasteiger partial charge in [0.1, 0.15) is 11.4 Å². The number of nitrogens with one attached hydrogen (secondary N) is 2. The van der Waals surface area contributed by atoms with Crippen LogP contribution in [-0.4, -0.2) is 31.9 Å². The van der Waals surface area contributed by atoms with Crippen LogP contribution in [0.15, 0.2) is 82.5 Å². The predicted molar refractivity (Wildman–Crippen MR) is 126 cm³/mol. The van der Waals surface area contributed by atoms with Gasteiger partial charge in [0.15, 0.2) is 0 Å². The van der Waals surface area contributed by atoms with Gasteiger partial charge in [-0.05, 0) is 23.3 Å². The lowest BCUT2D eigenvalue weighted by atomic mass is 10.0. The Morgan fingerprint density at radius 1 is 1.03 bits per heavy atom. The van der Waals surface area contributed by atoms with Crippen LogP contribution >= 0.6 is 0 Å². The number of H-pyrrole nitrogens is 1. The van der Waals surface area contributed by atoms with Crippen molar-refractivity contribution in [2.45, 2.75) is 19.5 Å². The van der Waals surface area contributed by atoms with E-state index in [1.54, 1.807) is 30.3 Å². The Bertz CT molecular complexity index is 1500. The van der Waals surface area contributed by atoms with Crippen molar-refractivity contribution in [3.8, 4) is 22.8 Å². The average molecular weight is 512 g/mol. The Morgan fingerprint density at radius 2 is 1.76 bits per heavy atom. The van der Waals surface area contributed by atoms with Gasteiger partial charge in [-0.2, -0.15) is 0 Å². The average Bonchev–Trinajstić information content (AvgIpc) is 2.85. The lowest BCUT2D eigenvalue weighted by Gasteiger charge is -2.15. The molecule has 4 rings (SSSR count). The second-order valence-electron chi connectivity index (χ2n) is 7.86. The summed E-state index contributed by atoms with van der Waals surface area (Å²) in [6, 6.07) is 16.4. The topological polar surface area (TPSA) is 126 Å². The smallest absolute Gasteiger partial charge is 0.493 e. The zero-order valence-electron chi connectivity index (χ0n) is 19.0. The number of alkyl halides is 3. The molecule has 0 saturated heterocycles. The number of hydrogen-bond acceptors (Lipinski definition) is 6. The molecular weight excluding hydrogens is 493 g/mol. The maximum Gasteiger partial charge on any atom is 0.573 e. The Balaban J connectivity index is 1.54. The Kier molecular flexibility index (Phi) is 7.09. The normalized spacial score (nSPS) is 11.2. The first-order chi connectivity index (χ1) is 17.6. The molecule has 0 aliphatic heterocycles. The van der Waals surface area contributed by atoms with Crippen molar-refractivity contribution in [2.24, 2.45) is 0 Å². The van der Waals surface area contributed by atoms with Gasteiger partial charge in [0.2, 0.25) is 5.88 Å². The first-order valence-corrected chi connectivity index (χ1v) is 10.8. The highest BCUT2D eigenvalue weighted by Gasteiger charge is 2.32. The van der Waals surface area contributed by atoms with Crippen LogP contribution in [0.3, 0.4) is 0 Å². The summed E-state index contributed by atoms with van der Waals surface area (Å²) in [6.07, 6.45) is -3.72. The van der Waals surface area contributed by atoms with Crippen molar-refractivity contribution >= 4 is 5.91 Å². The number of pyridine rings is 1. The molecule has 0 saturated carbocycles. The molecule has 0 fully saturated rings. The van der Waals surface area contributed by atoms with Crippen LogP contribution < -0.4 is 21.3 Å². The molecule has 0 aliphatic carbocycles. The van der Waals surface area contributed by atoms with Gasteiger partial charge in [-0.15, -0.1) is 13.2 Å². The van der Waals surface area contributed by atoms with Crippen molar-refractivity contribution in [3.05, 3.63) is 111 Å². The molecule has 2 heterocycles. The molecule has 0 radical (unpaired) electrons. The number of benzene rings is 2.